The highest BCUT2D eigenvalue weighted by Crippen LogP contribution is 2.38. The van der Waals surface area contributed by atoms with E-state index in [1.54, 1.807) is 24.6 Å². The van der Waals surface area contributed by atoms with Crippen LogP contribution in [0.15, 0.2) is 30.5 Å². The Morgan fingerprint density at radius 1 is 1.33 bits per heavy atom. The predicted molar refractivity (Wildman–Crippen MR) is 111 cm³/mol. The van der Waals surface area contributed by atoms with Crippen LogP contribution in [0.25, 0.3) is 5.65 Å². The lowest BCUT2D eigenvalue weighted by Gasteiger charge is -2.21. The number of carbonyl (C=O) groups excluding carboxylic acids is 1. The van der Waals surface area contributed by atoms with Gasteiger partial charge in [-0.25, -0.2) is 4.98 Å². The quantitative estimate of drug-likeness (QED) is 0.569. The number of benzene rings is 1. The number of hydrogen-bond acceptors (Lipinski definition) is 8. The third-order valence-electron chi connectivity index (χ3n) is 4.54. The lowest BCUT2D eigenvalue weighted by atomic mass is 10.1. The van der Waals surface area contributed by atoms with Crippen LogP contribution in [-0.2, 0) is 4.79 Å². The maximum Gasteiger partial charge on any atom is 0.225 e. The summed E-state index contributed by atoms with van der Waals surface area (Å²) in [7, 11) is 1.77. The van der Waals surface area contributed by atoms with E-state index in [1.165, 1.54) is 6.20 Å². The van der Waals surface area contributed by atoms with Gasteiger partial charge in [0, 0.05) is 19.5 Å². The van der Waals surface area contributed by atoms with Crippen LogP contribution in [0.1, 0.15) is 13.3 Å². The van der Waals surface area contributed by atoms with Gasteiger partial charge < -0.3 is 25.4 Å². The molecule has 30 heavy (non-hydrogen) atoms. The van der Waals surface area contributed by atoms with E-state index >= 15 is 0 Å². The molecule has 2 aromatic heterocycles. The Hall–Kier alpha value is -4.00. The van der Waals surface area contributed by atoms with E-state index in [0.29, 0.717) is 47.7 Å². The van der Waals surface area contributed by atoms with Crippen LogP contribution in [0.5, 0.6) is 11.5 Å². The predicted octanol–water partition coefficient (Wildman–Crippen LogP) is 2.77. The standard InChI is InChI=1S/C20H21N7O3/c1-12(10-21)8-18(28)25-14-11-23-27-17(22-2)9-16(26-20(14)27)24-13-4-3-5-15-19(13)30-7-6-29-15/h3-5,9,11-12,22H,6-8H2,1-2H3,(H,24,26)(H,25,28)/t12-/m1/s1. The van der Waals surface area contributed by atoms with Gasteiger partial charge in [-0.15, -0.1) is 0 Å². The van der Waals surface area contributed by atoms with E-state index in [1.807, 2.05) is 18.2 Å². The molecule has 10 heteroatoms. The average molecular weight is 407 g/mol. The normalized spacial score (nSPS) is 13.4. The first-order valence-electron chi connectivity index (χ1n) is 9.50. The molecule has 3 aromatic rings. The minimum Gasteiger partial charge on any atom is -0.486 e. The maximum absolute atomic E-state index is 12.2. The Bertz CT molecular complexity index is 1140. The second kappa shape index (κ2) is 8.16. The summed E-state index contributed by atoms with van der Waals surface area (Å²) in [6, 6.07) is 9.45. The van der Waals surface area contributed by atoms with E-state index in [4.69, 9.17) is 14.7 Å². The molecule has 10 nitrogen and oxygen atoms in total. The largest absolute Gasteiger partial charge is 0.486 e. The number of amides is 1. The molecule has 0 unspecified atom stereocenters. The second-order valence-corrected chi connectivity index (χ2v) is 6.81. The number of fused-ring (bicyclic) bond motifs is 2. The monoisotopic (exact) mass is 407 g/mol. The Balaban J connectivity index is 1.67. The van der Waals surface area contributed by atoms with Gasteiger partial charge in [0.25, 0.3) is 0 Å². The lowest BCUT2D eigenvalue weighted by Crippen LogP contribution is -2.16. The van der Waals surface area contributed by atoms with Gasteiger partial charge in [-0.2, -0.15) is 14.9 Å². The minimum atomic E-state index is -0.378. The number of para-hydroxylation sites is 1. The van der Waals surface area contributed by atoms with Crippen molar-refractivity contribution in [1.29, 1.82) is 5.26 Å². The van der Waals surface area contributed by atoms with Crippen LogP contribution in [0, 0.1) is 17.2 Å². The molecule has 0 radical (unpaired) electrons. The molecule has 0 spiro atoms. The molecule has 0 saturated carbocycles. The van der Waals surface area contributed by atoms with E-state index in [-0.39, 0.29) is 18.2 Å². The van der Waals surface area contributed by atoms with Crippen molar-refractivity contribution in [1.82, 2.24) is 14.6 Å². The zero-order chi connectivity index (χ0) is 21.1. The summed E-state index contributed by atoms with van der Waals surface area (Å²) in [5.74, 6) is 1.87. The Morgan fingerprint density at radius 3 is 2.97 bits per heavy atom. The molecule has 0 aliphatic carbocycles. The van der Waals surface area contributed by atoms with Crippen molar-refractivity contribution in [3.8, 4) is 17.6 Å². The number of nitrogens with one attached hydrogen (secondary N) is 3. The first-order chi connectivity index (χ1) is 14.6. The van der Waals surface area contributed by atoms with Crippen LogP contribution in [0.4, 0.5) is 23.0 Å². The Labute approximate surface area is 172 Å². The van der Waals surface area contributed by atoms with Gasteiger partial charge in [-0.1, -0.05) is 6.07 Å². The summed E-state index contributed by atoms with van der Waals surface area (Å²) in [4.78, 5) is 16.8. The first kappa shape index (κ1) is 19.3. The van der Waals surface area contributed by atoms with Crippen molar-refractivity contribution in [2.24, 2.45) is 5.92 Å². The highest BCUT2D eigenvalue weighted by Gasteiger charge is 2.18. The van der Waals surface area contributed by atoms with Gasteiger partial charge in [-0.05, 0) is 19.1 Å². The molecule has 4 rings (SSSR count). The van der Waals surface area contributed by atoms with Gasteiger partial charge >= 0.3 is 0 Å². The second-order valence-electron chi connectivity index (χ2n) is 6.81. The van der Waals surface area contributed by atoms with Gasteiger partial charge in [0.05, 0.1) is 23.9 Å². The maximum atomic E-state index is 12.2. The zero-order valence-electron chi connectivity index (χ0n) is 16.6. The van der Waals surface area contributed by atoms with Crippen LogP contribution in [0.2, 0.25) is 0 Å². The third kappa shape index (κ3) is 3.77. The van der Waals surface area contributed by atoms with Gasteiger partial charge in [0.1, 0.15) is 30.5 Å². The van der Waals surface area contributed by atoms with Crippen LogP contribution < -0.4 is 25.4 Å². The molecule has 1 aromatic carbocycles. The van der Waals surface area contributed by atoms with Crippen molar-refractivity contribution >= 4 is 34.6 Å². The summed E-state index contributed by atoms with van der Waals surface area (Å²) >= 11 is 0. The number of anilines is 4. The highest BCUT2D eigenvalue weighted by molar-refractivity contribution is 5.94. The summed E-state index contributed by atoms with van der Waals surface area (Å²) < 4.78 is 13.0. The molecule has 3 heterocycles. The molecule has 1 aliphatic rings. The smallest absolute Gasteiger partial charge is 0.225 e. The molecule has 0 saturated heterocycles. The summed E-state index contributed by atoms with van der Waals surface area (Å²) in [5.41, 5.74) is 1.64. The van der Waals surface area contributed by atoms with Gasteiger partial charge in [0.15, 0.2) is 17.1 Å². The number of carbonyl (C=O) groups is 1. The molecule has 1 atom stereocenters. The summed E-state index contributed by atoms with van der Waals surface area (Å²) in [5, 5.41) is 22.3. The topological polar surface area (TPSA) is 126 Å². The molecule has 0 bridgehead atoms. The fraction of sp³-hybridized carbons (Fsp3) is 0.300. The molecule has 3 N–H and O–H groups in total. The lowest BCUT2D eigenvalue weighted by molar-refractivity contribution is -0.116. The molecular formula is C20H21N7O3. The zero-order valence-corrected chi connectivity index (χ0v) is 16.6. The van der Waals surface area contributed by atoms with Crippen LogP contribution in [-0.4, -0.2) is 40.8 Å². The average Bonchev–Trinajstić information content (AvgIpc) is 3.15. The minimum absolute atomic E-state index is 0.0954. The van der Waals surface area contributed by atoms with Gasteiger partial charge in [-0.3, -0.25) is 4.79 Å². The number of rotatable bonds is 6. The SMILES string of the molecule is CNc1cc(Nc2cccc3c2OCCO3)nc2c(NC(=O)C[C@@H](C)C#N)cnn12. The first-order valence-corrected chi connectivity index (χ1v) is 9.50. The number of nitrogens with zero attached hydrogens (tertiary/aromatic N) is 4. The molecule has 1 aliphatic heterocycles. The molecule has 154 valence electrons. The van der Waals surface area contributed by atoms with E-state index in [0.717, 1.165) is 5.69 Å². The fourth-order valence-corrected chi connectivity index (χ4v) is 3.13. The van der Waals surface area contributed by atoms with E-state index in [2.05, 4.69) is 32.1 Å². The van der Waals surface area contributed by atoms with E-state index in [9.17, 15) is 4.79 Å². The van der Waals surface area contributed by atoms with Crippen molar-refractivity contribution in [2.45, 2.75) is 13.3 Å². The highest BCUT2D eigenvalue weighted by atomic mass is 16.6. The van der Waals surface area contributed by atoms with E-state index < -0.39 is 0 Å². The van der Waals surface area contributed by atoms with Crippen molar-refractivity contribution in [2.75, 3.05) is 36.2 Å². The number of ether oxygens (including phenoxy) is 2. The van der Waals surface area contributed by atoms with Crippen LogP contribution >= 0.6 is 0 Å². The Kier molecular flexibility index (Phi) is 5.26. The fourth-order valence-electron chi connectivity index (χ4n) is 3.13. The summed E-state index contributed by atoms with van der Waals surface area (Å²) in [6.07, 6.45) is 1.63. The number of nitriles is 1. The molecule has 1 amide bonds. The number of hydrogen-bond donors (Lipinski definition) is 3. The number of aromatic nitrogens is 3. The third-order valence-corrected chi connectivity index (χ3v) is 4.54. The van der Waals surface area contributed by atoms with Crippen molar-refractivity contribution < 1.29 is 14.3 Å². The van der Waals surface area contributed by atoms with Crippen molar-refractivity contribution in [3.63, 3.8) is 0 Å². The van der Waals surface area contributed by atoms with Crippen LogP contribution in [0.3, 0.4) is 0 Å². The van der Waals surface area contributed by atoms with Gasteiger partial charge in [0.2, 0.25) is 5.91 Å². The summed E-state index contributed by atoms with van der Waals surface area (Å²) in [6.45, 7) is 2.68. The Morgan fingerprint density at radius 2 is 2.17 bits per heavy atom. The van der Waals surface area contributed by atoms with Crippen molar-refractivity contribution in [3.05, 3.63) is 30.5 Å². The molecular weight excluding hydrogens is 386 g/mol. The molecule has 0 fully saturated rings.